The number of amides is 1. The molecule has 1 amide bonds. The highest BCUT2D eigenvalue weighted by atomic mass is 16.2. The molecule has 4 heteroatoms. The number of fused-ring (bicyclic) bond motifs is 1. The first-order valence-corrected chi connectivity index (χ1v) is 9.55. The van der Waals surface area contributed by atoms with E-state index in [0.717, 1.165) is 53.7 Å². The van der Waals surface area contributed by atoms with Gasteiger partial charge in [0.25, 0.3) is 5.91 Å². The first kappa shape index (κ1) is 17.7. The second-order valence-corrected chi connectivity index (χ2v) is 7.50. The molecule has 2 aromatic carbocycles. The second-order valence-electron chi connectivity index (χ2n) is 7.50. The maximum atomic E-state index is 13.4. The van der Waals surface area contributed by atoms with E-state index in [9.17, 15) is 4.79 Å². The average molecular weight is 359 g/mol. The predicted molar refractivity (Wildman–Crippen MR) is 110 cm³/mol. The molecule has 3 aromatic rings. The summed E-state index contributed by atoms with van der Waals surface area (Å²) in [6, 6.07) is 16.4. The number of carbonyl (C=O) groups is 1. The lowest BCUT2D eigenvalue weighted by Crippen LogP contribution is -2.42. The number of pyridine rings is 1. The van der Waals surface area contributed by atoms with E-state index in [1.54, 1.807) is 0 Å². The normalized spacial score (nSPS) is 15.3. The van der Waals surface area contributed by atoms with Crippen molar-refractivity contribution in [2.75, 3.05) is 13.1 Å². The Morgan fingerprint density at radius 1 is 1.04 bits per heavy atom. The van der Waals surface area contributed by atoms with Gasteiger partial charge >= 0.3 is 0 Å². The van der Waals surface area contributed by atoms with E-state index >= 15 is 0 Å². The summed E-state index contributed by atoms with van der Waals surface area (Å²) in [4.78, 5) is 20.1. The summed E-state index contributed by atoms with van der Waals surface area (Å²) in [5.74, 6) is 0.0785. The van der Waals surface area contributed by atoms with Crippen molar-refractivity contribution in [3.8, 4) is 11.3 Å². The van der Waals surface area contributed by atoms with Crippen molar-refractivity contribution in [1.82, 2.24) is 9.88 Å². The Morgan fingerprint density at radius 2 is 1.70 bits per heavy atom. The van der Waals surface area contributed by atoms with Crippen LogP contribution in [0.4, 0.5) is 0 Å². The molecule has 0 radical (unpaired) electrons. The third-order valence-corrected chi connectivity index (χ3v) is 5.55. The minimum Gasteiger partial charge on any atom is -0.339 e. The van der Waals surface area contributed by atoms with Crippen LogP contribution in [-0.4, -0.2) is 34.9 Å². The predicted octanol–water partition coefficient (Wildman–Crippen LogP) is 4.08. The van der Waals surface area contributed by atoms with Crippen LogP contribution in [0.15, 0.2) is 48.5 Å². The number of hydrogen-bond acceptors (Lipinski definition) is 3. The number of benzene rings is 2. The SMILES string of the molecule is Cc1cc2nc(-c3ccccc3)cc(C(=O)N3CCC(N)CC3)c2cc1C. The van der Waals surface area contributed by atoms with E-state index in [-0.39, 0.29) is 11.9 Å². The van der Waals surface area contributed by atoms with Crippen LogP contribution < -0.4 is 5.73 Å². The molecule has 0 atom stereocenters. The molecule has 4 nitrogen and oxygen atoms in total. The number of piperidine rings is 1. The fraction of sp³-hybridized carbons (Fsp3) is 0.304. The number of hydrogen-bond donors (Lipinski definition) is 1. The molecule has 2 N–H and O–H groups in total. The van der Waals surface area contributed by atoms with Crippen LogP contribution in [0.5, 0.6) is 0 Å². The van der Waals surface area contributed by atoms with Crippen molar-refractivity contribution >= 4 is 16.8 Å². The standard InChI is InChI=1S/C23H25N3O/c1-15-12-19-20(23(27)26-10-8-18(24)9-11-26)14-21(17-6-4-3-5-7-17)25-22(19)13-16(15)2/h3-7,12-14,18H,8-11,24H2,1-2H3. The van der Waals surface area contributed by atoms with Crippen LogP contribution in [-0.2, 0) is 0 Å². The van der Waals surface area contributed by atoms with Crippen LogP contribution in [0.2, 0.25) is 0 Å². The van der Waals surface area contributed by atoms with E-state index in [1.165, 1.54) is 11.1 Å². The molecule has 1 saturated heterocycles. The summed E-state index contributed by atoms with van der Waals surface area (Å²) in [7, 11) is 0. The highest BCUT2D eigenvalue weighted by molar-refractivity contribution is 6.07. The van der Waals surface area contributed by atoms with E-state index in [1.807, 2.05) is 41.3 Å². The van der Waals surface area contributed by atoms with Gasteiger partial charge in [0.05, 0.1) is 16.8 Å². The maximum absolute atomic E-state index is 13.4. The summed E-state index contributed by atoms with van der Waals surface area (Å²) in [5, 5.41) is 0.928. The molecule has 0 spiro atoms. The van der Waals surface area contributed by atoms with Gasteiger partial charge in [-0.1, -0.05) is 30.3 Å². The van der Waals surface area contributed by atoms with Crippen molar-refractivity contribution in [3.63, 3.8) is 0 Å². The Balaban J connectivity index is 1.86. The van der Waals surface area contributed by atoms with Gasteiger partial charge in [0.1, 0.15) is 0 Å². The molecule has 138 valence electrons. The third kappa shape index (κ3) is 3.45. The van der Waals surface area contributed by atoms with Crippen molar-refractivity contribution in [3.05, 3.63) is 65.2 Å². The number of carbonyl (C=O) groups excluding carboxylic acids is 1. The topological polar surface area (TPSA) is 59.2 Å². The summed E-state index contributed by atoms with van der Waals surface area (Å²) >= 11 is 0. The summed E-state index contributed by atoms with van der Waals surface area (Å²) < 4.78 is 0. The number of aryl methyl sites for hydroxylation is 2. The van der Waals surface area contributed by atoms with Crippen molar-refractivity contribution in [1.29, 1.82) is 0 Å². The molecule has 1 fully saturated rings. The van der Waals surface area contributed by atoms with Gasteiger partial charge in [-0.2, -0.15) is 0 Å². The molecule has 0 bridgehead atoms. The molecule has 0 aliphatic carbocycles. The highest BCUT2D eigenvalue weighted by Crippen LogP contribution is 2.28. The fourth-order valence-electron chi connectivity index (χ4n) is 3.69. The molecule has 4 rings (SSSR count). The van der Waals surface area contributed by atoms with Crippen LogP contribution in [0.3, 0.4) is 0 Å². The number of rotatable bonds is 2. The van der Waals surface area contributed by atoms with Gasteiger partial charge in [-0.25, -0.2) is 4.98 Å². The van der Waals surface area contributed by atoms with E-state index < -0.39 is 0 Å². The lowest BCUT2D eigenvalue weighted by atomic mass is 9.98. The minimum absolute atomic E-state index is 0.0785. The van der Waals surface area contributed by atoms with Crippen molar-refractivity contribution in [2.24, 2.45) is 5.73 Å². The zero-order valence-corrected chi connectivity index (χ0v) is 15.9. The molecule has 27 heavy (non-hydrogen) atoms. The molecule has 1 aliphatic rings. The molecule has 1 aromatic heterocycles. The van der Waals surface area contributed by atoms with Gasteiger partial charge in [-0.15, -0.1) is 0 Å². The third-order valence-electron chi connectivity index (χ3n) is 5.55. The van der Waals surface area contributed by atoms with Crippen LogP contribution in [0.25, 0.3) is 22.2 Å². The highest BCUT2D eigenvalue weighted by Gasteiger charge is 2.24. The molecule has 0 unspecified atom stereocenters. The lowest BCUT2D eigenvalue weighted by Gasteiger charge is -2.30. The van der Waals surface area contributed by atoms with Gasteiger partial charge in [0.15, 0.2) is 0 Å². The first-order valence-electron chi connectivity index (χ1n) is 9.55. The number of aromatic nitrogens is 1. The Morgan fingerprint density at radius 3 is 2.41 bits per heavy atom. The molecular formula is C23H25N3O. The van der Waals surface area contributed by atoms with Gasteiger partial charge in [-0.05, 0) is 56.0 Å². The van der Waals surface area contributed by atoms with Crippen LogP contribution in [0, 0.1) is 13.8 Å². The Kier molecular flexibility index (Phi) is 4.66. The van der Waals surface area contributed by atoms with Crippen molar-refractivity contribution < 1.29 is 4.79 Å². The van der Waals surface area contributed by atoms with Crippen LogP contribution >= 0.6 is 0 Å². The van der Waals surface area contributed by atoms with Crippen molar-refractivity contribution in [2.45, 2.75) is 32.7 Å². The Hall–Kier alpha value is -2.72. The Labute approximate surface area is 160 Å². The molecule has 1 aliphatic heterocycles. The van der Waals surface area contributed by atoms with Gasteiger partial charge in [0, 0.05) is 30.1 Å². The van der Waals surface area contributed by atoms with Gasteiger partial charge in [-0.3, -0.25) is 4.79 Å². The summed E-state index contributed by atoms with van der Waals surface area (Å²) in [5.41, 5.74) is 11.8. The molecule has 0 saturated carbocycles. The zero-order chi connectivity index (χ0) is 19.0. The first-order chi connectivity index (χ1) is 13.0. The van der Waals surface area contributed by atoms with Gasteiger partial charge in [0.2, 0.25) is 0 Å². The Bertz CT molecular complexity index is 989. The van der Waals surface area contributed by atoms with Gasteiger partial charge < -0.3 is 10.6 Å². The zero-order valence-electron chi connectivity index (χ0n) is 15.9. The van der Waals surface area contributed by atoms with Crippen LogP contribution in [0.1, 0.15) is 34.3 Å². The molecule has 2 heterocycles. The number of likely N-dealkylation sites (tertiary alicyclic amines) is 1. The number of nitrogens with zero attached hydrogens (tertiary/aromatic N) is 2. The summed E-state index contributed by atoms with van der Waals surface area (Å²) in [6.45, 7) is 5.60. The van der Waals surface area contributed by atoms with E-state index in [2.05, 4.69) is 26.0 Å². The largest absolute Gasteiger partial charge is 0.339 e. The maximum Gasteiger partial charge on any atom is 0.254 e. The summed E-state index contributed by atoms with van der Waals surface area (Å²) in [6.07, 6.45) is 1.72. The van der Waals surface area contributed by atoms with E-state index in [4.69, 9.17) is 10.7 Å². The average Bonchev–Trinajstić information content (AvgIpc) is 2.69. The quantitative estimate of drug-likeness (QED) is 0.750. The monoisotopic (exact) mass is 359 g/mol. The second kappa shape index (κ2) is 7.12. The molecular weight excluding hydrogens is 334 g/mol. The minimum atomic E-state index is 0.0785. The lowest BCUT2D eigenvalue weighted by molar-refractivity contribution is 0.0716. The fourth-order valence-corrected chi connectivity index (χ4v) is 3.69. The number of nitrogens with two attached hydrogens (primary N) is 1. The van der Waals surface area contributed by atoms with E-state index in [0.29, 0.717) is 0 Å². The smallest absolute Gasteiger partial charge is 0.254 e.